The van der Waals surface area contributed by atoms with E-state index in [9.17, 15) is 0 Å². The van der Waals surface area contributed by atoms with Crippen molar-refractivity contribution in [2.24, 2.45) is 0 Å². The first-order valence-electron chi connectivity index (χ1n) is 23.7. The second-order valence-electron chi connectivity index (χ2n) is 18.0. The molecule has 8 nitrogen and oxygen atoms in total. The summed E-state index contributed by atoms with van der Waals surface area (Å²) < 4.78 is 0. The summed E-state index contributed by atoms with van der Waals surface area (Å²) in [5, 5.41) is 3.54. The van der Waals surface area contributed by atoms with Crippen LogP contribution in [-0.4, -0.2) is 39.9 Å². The van der Waals surface area contributed by atoms with E-state index in [-0.39, 0.29) is 0 Å². The molecule has 8 heteroatoms. The Morgan fingerprint density at radius 2 is 0.514 bits per heavy atom. The van der Waals surface area contributed by atoms with E-state index in [1.54, 1.807) is 0 Å². The number of hydrogen-bond acceptors (Lipinski definition) is 6. The molecule has 13 rings (SSSR count). The third-order valence-electron chi connectivity index (χ3n) is 13.7. The zero-order valence-corrected chi connectivity index (χ0v) is 39.0. The maximum atomic E-state index is 5.43. The van der Waals surface area contributed by atoms with Crippen LogP contribution in [0.25, 0.3) is 158 Å². The number of rotatable bonds is 8. The number of aromatic nitrogens is 8. The van der Waals surface area contributed by atoms with Crippen LogP contribution in [0.3, 0.4) is 0 Å². The average Bonchev–Trinajstić information content (AvgIpc) is 4.18. The van der Waals surface area contributed by atoms with Gasteiger partial charge in [0.15, 0.2) is 23.3 Å². The topological polar surface area (TPSA) is 109 Å². The van der Waals surface area contributed by atoms with Gasteiger partial charge in [-0.1, -0.05) is 172 Å². The van der Waals surface area contributed by atoms with Crippen molar-refractivity contribution < 1.29 is 0 Å². The fraction of sp³-hybridized carbons (Fsp3) is 0. The zero-order chi connectivity index (χ0) is 48.5. The monoisotopic (exact) mass is 922 g/mol. The van der Waals surface area contributed by atoms with E-state index in [1.165, 1.54) is 0 Å². The molecule has 2 aliphatic rings. The van der Waals surface area contributed by atoms with Crippen molar-refractivity contribution in [1.29, 1.82) is 0 Å². The number of hydrogen-bond donors (Lipinski definition) is 2. The second-order valence-corrected chi connectivity index (χ2v) is 18.0. The summed E-state index contributed by atoms with van der Waals surface area (Å²) in [6, 6.07) is 59.0. The lowest BCUT2D eigenvalue weighted by atomic mass is 9.98. The van der Waals surface area contributed by atoms with Gasteiger partial charge in [0.25, 0.3) is 0 Å². The first kappa shape index (κ1) is 42.2. The average molecular weight is 923 g/mol. The molecule has 0 aliphatic carbocycles. The highest BCUT2D eigenvalue weighted by Gasteiger charge is 2.24. The van der Waals surface area contributed by atoms with Gasteiger partial charge in [-0.25, -0.2) is 29.9 Å². The Bertz CT molecular complexity index is 4250. The summed E-state index contributed by atoms with van der Waals surface area (Å²) in [7, 11) is 0. The molecule has 8 aromatic carbocycles. The van der Waals surface area contributed by atoms with Gasteiger partial charge in [-0.3, -0.25) is 0 Å². The van der Waals surface area contributed by atoms with Crippen molar-refractivity contribution in [3.8, 4) is 90.1 Å². The molecule has 338 valence electrons. The highest BCUT2D eigenvalue weighted by Crippen LogP contribution is 2.41. The third kappa shape index (κ3) is 7.25. The van der Waals surface area contributed by atoms with Crippen molar-refractivity contribution >= 4 is 68.4 Å². The maximum Gasteiger partial charge on any atom is 0.164 e. The lowest BCUT2D eigenvalue weighted by Gasteiger charge is -2.06. The number of fused-ring (bicyclic) bond motifs is 20. The van der Waals surface area contributed by atoms with Crippen LogP contribution in [0.15, 0.2) is 196 Å². The fourth-order valence-corrected chi connectivity index (χ4v) is 9.76. The van der Waals surface area contributed by atoms with Gasteiger partial charge >= 0.3 is 0 Å². The van der Waals surface area contributed by atoms with Crippen LogP contribution in [0.2, 0.25) is 0 Å². The predicted octanol–water partition coefficient (Wildman–Crippen LogP) is 16.1. The molecule has 72 heavy (non-hydrogen) atoms. The fourth-order valence-electron chi connectivity index (χ4n) is 9.76. The van der Waals surface area contributed by atoms with Crippen molar-refractivity contribution in [3.63, 3.8) is 0 Å². The summed E-state index contributed by atoms with van der Waals surface area (Å²) in [6.45, 7) is 15.8. The lowest BCUT2D eigenvalue weighted by Crippen LogP contribution is -1.86. The molecular weight excluding hydrogens is 881 g/mol. The molecule has 0 saturated heterocycles. The summed E-state index contributed by atoms with van der Waals surface area (Å²) >= 11 is 0. The van der Waals surface area contributed by atoms with Gasteiger partial charge in [0.05, 0.1) is 0 Å². The van der Waals surface area contributed by atoms with Crippen molar-refractivity contribution in [2.45, 2.75) is 0 Å². The number of nitrogens with one attached hydrogen (secondary N) is 2. The molecular formula is C64H42N8. The largest absolute Gasteiger partial charge is 0.324 e. The minimum Gasteiger partial charge on any atom is -0.324 e. The van der Waals surface area contributed by atoms with Crippen LogP contribution in [0.4, 0.5) is 0 Å². The van der Waals surface area contributed by atoms with Crippen LogP contribution in [-0.2, 0) is 0 Å². The van der Waals surface area contributed by atoms with E-state index in [1.807, 2.05) is 24.3 Å². The molecule has 0 saturated carbocycles. The Morgan fingerprint density at radius 3 is 0.833 bits per heavy atom. The third-order valence-corrected chi connectivity index (χ3v) is 13.7. The van der Waals surface area contributed by atoms with Crippen LogP contribution in [0.5, 0.6) is 0 Å². The van der Waals surface area contributed by atoms with Crippen LogP contribution in [0, 0.1) is 0 Å². The summed E-state index contributed by atoms with van der Waals surface area (Å²) in [4.78, 5) is 39.4. The first-order chi connectivity index (χ1) is 35.4. The van der Waals surface area contributed by atoms with Gasteiger partial charge in [-0.2, -0.15) is 0 Å². The Labute approximate surface area is 414 Å². The minimum absolute atomic E-state index is 0.519. The molecule has 0 amide bonds. The highest BCUT2D eigenvalue weighted by atomic mass is 15.1. The Kier molecular flexibility index (Phi) is 9.93. The quantitative estimate of drug-likeness (QED) is 0.157. The van der Waals surface area contributed by atoms with Gasteiger partial charge in [-0.15, -0.1) is 0 Å². The Balaban J connectivity index is 1.12. The zero-order valence-electron chi connectivity index (χ0n) is 39.0. The van der Waals surface area contributed by atoms with Crippen molar-refractivity contribution in [1.82, 2.24) is 39.9 Å². The molecule has 3 aromatic heterocycles. The predicted molar refractivity (Wildman–Crippen MR) is 298 cm³/mol. The summed E-state index contributed by atoms with van der Waals surface area (Å²) in [6.07, 6.45) is 7.40. The molecule has 8 bridgehead atoms. The van der Waals surface area contributed by atoms with E-state index < -0.39 is 0 Å². The maximum absolute atomic E-state index is 5.43. The SMILES string of the molecule is C=Cc1ccc(-c2ccc3c(c2)-c2nc-3nc3[nH]c(nc4nc(nc5[nH]c(n2)c2ccc(-c6ccc(C=C)cc6)cc52)-c2cc(-c5ccc(C=C)cc5)ccc2-4)c2cc(-c4ccc(C=C)cc4)ccc32)cc1. The van der Waals surface area contributed by atoms with Crippen LogP contribution in [0.1, 0.15) is 22.3 Å². The van der Waals surface area contributed by atoms with E-state index in [2.05, 4.69) is 206 Å². The van der Waals surface area contributed by atoms with Crippen molar-refractivity contribution in [3.05, 3.63) is 218 Å². The number of aromatic amines is 2. The normalized spacial score (nSPS) is 11.6. The highest BCUT2D eigenvalue weighted by molar-refractivity contribution is 6.08. The lowest BCUT2D eigenvalue weighted by molar-refractivity contribution is 1.19. The van der Waals surface area contributed by atoms with Gasteiger partial charge in [0, 0.05) is 43.8 Å². The summed E-state index contributed by atoms with van der Waals surface area (Å²) in [5.41, 5.74) is 18.4. The number of nitrogens with zero attached hydrogens (tertiary/aromatic N) is 6. The van der Waals surface area contributed by atoms with Gasteiger partial charge < -0.3 is 9.97 Å². The second kappa shape index (κ2) is 16.9. The Hall–Kier alpha value is -9.92. The van der Waals surface area contributed by atoms with Gasteiger partial charge in [-0.05, 0) is 115 Å². The van der Waals surface area contributed by atoms with Gasteiger partial charge in [0.1, 0.15) is 22.6 Å². The number of H-pyrrole nitrogens is 2. The molecule has 0 atom stereocenters. The Morgan fingerprint density at radius 1 is 0.250 bits per heavy atom. The molecule has 2 N–H and O–H groups in total. The van der Waals surface area contributed by atoms with Crippen LogP contribution >= 0.6 is 0 Å². The molecule has 0 unspecified atom stereocenters. The first-order valence-corrected chi connectivity index (χ1v) is 23.7. The van der Waals surface area contributed by atoms with Crippen LogP contribution < -0.4 is 0 Å². The van der Waals surface area contributed by atoms with Crippen molar-refractivity contribution in [2.75, 3.05) is 0 Å². The molecule has 0 fully saturated rings. The molecule has 2 aliphatic heterocycles. The molecule has 0 radical (unpaired) electrons. The van der Waals surface area contributed by atoms with E-state index in [0.717, 1.165) is 111 Å². The van der Waals surface area contributed by atoms with E-state index >= 15 is 0 Å². The van der Waals surface area contributed by atoms with E-state index in [4.69, 9.17) is 29.9 Å². The molecule has 11 aromatic rings. The minimum atomic E-state index is 0.519. The number of benzene rings is 8. The summed E-state index contributed by atoms with van der Waals surface area (Å²) in [5.74, 6) is 2.10. The smallest absolute Gasteiger partial charge is 0.164 e. The molecule has 0 spiro atoms. The van der Waals surface area contributed by atoms with E-state index in [0.29, 0.717) is 45.9 Å². The molecule has 5 heterocycles. The standard InChI is InChI=1S/C64H42N8/c1-5-37-9-17-41(18-10-37)45-25-29-49-53(33-45)61-66-57(49)65-58-50-30-26-46(42-19-11-38(6-2)12-20-42)34-54(50)62(67-58)69-60-52-32-28-48(44-23-15-40(8-4)16-24-44)36-56(52)64(71-60)72-63-55-35-47(27-31-51(55)59(68-61)70-63)43-21-13-39(7-3)14-22-43/h5-36H,1-4H2,(H2,65,66,67,68,69,70,71,72). The van der Waals surface area contributed by atoms with Gasteiger partial charge in [0.2, 0.25) is 0 Å².